The molecular weight excluding hydrogens is 254 g/mol. The predicted molar refractivity (Wildman–Crippen MR) is 67.1 cm³/mol. The molecule has 0 atom stereocenters. The van der Waals surface area contributed by atoms with Crippen molar-refractivity contribution in [2.45, 2.75) is 0 Å². The lowest BCUT2D eigenvalue weighted by molar-refractivity contribution is 0.102. The van der Waals surface area contributed by atoms with E-state index in [9.17, 15) is 13.6 Å². The number of aromatic nitrogens is 2. The maximum atomic E-state index is 13.5. The number of amides is 1. The summed E-state index contributed by atoms with van der Waals surface area (Å²) in [5.41, 5.74) is -0.381. The van der Waals surface area contributed by atoms with Crippen LogP contribution in [0.1, 0.15) is 10.4 Å². The summed E-state index contributed by atoms with van der Waals surface area (Å²) < 4.78 is 28.5. The Bertz CT molecular complexity index is 601. The molecule has 2 N–H and O–H groups in total. The summed E-state index contributed by atoms with van der Waals surface area (Å²) in [5, 5.41) is 8.77. The molecule has 0 unspecified atom stereocenters. The molecule has 100 valence electrons. The average molecular weight is 266 g/mol. The van der Waals surface area contributed by atoms with Crippen molar-refractivity contribution in [1.29, 1.82) is 0 Å². The molecule has 1 aromatic carbocycles. The number of anilines is 2. The molecule has 0 saturated heterocycles. The van der Waals surface area contributed by atoms with E-state index >= 15 is 0 Å². The molecule has 0 fully saturated rings. The predicted octanol–water partition coefficient (Wildman–Crippen LogP) is 1.99. The number of carbonyl (C=O) groups is 1. The van der Waals surface area contributed by atoms with Crippen LogP contribution in [0.3, 0.4) is 0 Å². The summed E-state index contributed by atoms with van der Waals surface area (Å²) in [5.74, 6) is -1.97. The molecule has 1 aromatic heterocycles. The summed E-state index contributed by atoms with van der Waals surface area (Å²) in [6.07, 6.45) is 1.64. The number of hydrogen-bond acceptors (Lipinski definition) is 3. The maximum absolute atomic E-state index is 13.5. The van der Waals surface area contributed by atoms with Gasteiger partial charge in [0.1, 0.15) is 17.3 Å². The minimum Gasteiger partial charge on any atom is -0.383 e. The molecule has 2 rings (SSSR count). The van der Waals surface area contributed by atoms with Crippen LogP contribution in [-0.2, 0) is 7.05 Å². The van der Waals surface area contributed by atoms with Crippen LogP contribution in [0.2, 0.25) is 0 Å². The van der Waals surface area contributed by atoms with E-state index in [1.807, 2.05) is 0 Å². The zero-order valence-corrected chi connectivity index (χ0v) is 10.4. The molecule has 2 aromatic rings. The Morgan fingerprint density at radius 2 is 1.95 bits per heavy atom. The third-order valence-corrected chi connectivity index (χ3v) is 2.51. The number of hydrogen-bond donors (Lipinski definition) is 2. The minimum atomic E-state index is -0.825. The number of nitrogens with zero attached hydrogens (tertiary/aromatic N) is 2. The van der Waals surface area contributed by atoms with Gasteiger partial charge in [-0.1, -0.05) is 0 Å². The van der Waals surface area contributed by atoms with E-state index in [0.717, 1.165) is 12.1 Å². The molecule has 1 heterocycles. The first-order chi connectivity index (χ1) is 9.01. The molecule has 0 radical (unpaired) electrons. The topological polar surface area (TPSA) is 59.0 Å². The standard InChI is InChI=1S/C12H12F2N4O/c1-15-11-8(13)5-7(6-9(11)14)12(19)16-10-3-4-18(2)17-10/h3-6,15H,1-2H3,(H,16,17,19). The van der Waals surface area contributed by atoms with E-state index in [0.29, 0.717) is 5.82 Å². The number of halogens is 2. The zero-order valence-electron chi connectivity index (χ0n) is 10.4. The smallest absolute Gasteiger partial charge is 0.257 e. The van der Waals surface area contributed by atoms with Gasteiger partial charge < -0.3 is 10.6 Å². The van der Waals surface area contributed by atoms with Crippen molar-refractivity contribution in [2.24, 2.45) is 7.05 Å². The number of carbonyl (C=O) groups excluding carboxylic acids is 1. The van der Waals surface area contributed by atoms with Gasteiger partial charge >= 0.3 is 0 Å². The second-order valence-corrected chi connectivity index (χ2v) is 3.89. The first kappa shape index (κ1) is 13.0. The van der Waals surface area contributed by atoms with Crippen LogP contribution in [0.4, 0.5) is 20.3 Å². The highest BCUT2D eigenvalue weighted by Crippen LogP contribution is 2.20. The van der Waals surface area contributed by atoms with Crippen LogP contribution < -0.4 is 10.6 Å². The van der Waals surface area contributed by atoms with Gasteiger partial charge in [-0.2, -0.15) is 5.10 Å². The highest BCUT2D eigenvalue weighted by atomic mass is 19.1. The van der Waals surface area contributed by atoms with Crippen LogP contribution in [-0.4, -0.2) is 22.7 Å². The van der Waals surface area contributed by atoms with Crippen LogP contribution in [0, 0.1) is 11.6 Å². The molecule has 5 nitrogen and oxygen atoms in total. The molecule has 0 bridgehead atoms. The molecule has 7 heteroatoms. The molecular formula is C12H12F2N4O. The number of rotatable bonds is 3. The molecule has 0 aliphatic rings. The fraction of sp³-hybridized carbons (Fsp3) is 0.167. The molecule has 0 spiro atoms. The summed E-state index contributed by atoms with van der Waals surface area (Å²) in [4.78, 5) is 11.8. The van der Waals surface area contributed by atoms with Crippen LogP contribution in [0.15, 0.2) is 24.4 Å². The van der Waals surface area contributed by atoms with Crippen LogP contribution in [0.25, 0.3) is 0 Å². The van der Waals surface area contributed by atoms with Crippen molar-refractivity contribution in [3.8, 4) is 0 Å². The van der Waals surface area contributed by atoms with Crippen LogP contribution >= 0.6 is 0 Å². The Morgan fingerprint density at radius 3 is 2.42 bits per heavy atom. The van der Waals surface area contributed by atoms with E-state index in [1.54, 1.807) is 19.3 Å². The van der Waals surface area contributed by atoms with Gasteiger partial charge in [-0.15, -0.1) is 0 Å². The molecule has 1 amide bonds. The SMILES string of the molecule is CNc1c(F)cc(C(=O)Nc2ccn(C)n2)cc1F. The summed E-state index contributed by atoms with van der Waals surface area (Å²) in [6.45, 7) is 0. The number of nitrogens with one attached hydrogen (secondary N) is 2. The Morgan fingerprint density at radius 1 is 1.32 bits per heavy atom. The largest absolute Gasteiger partial charge is 0.383 e. The lowest BCUT2D eigenvalue weighted by atomic mass is 10.1. The highest BCUT2D eigenvalue weighted by Gasteiger charge is 2.15. The Labute approximate surface area is 108 Å². The van der Waals surface area contributed by atoms with E-state index in [2.05, 4.69) is 15.7 Å². The monoisotopic (exact) mass is 266 g/mol. The Balaban J connectivity index is 2.24. The van der Waals surface area contributed by atoms with Gasteiger partial charge in [-0.05, 0) is 12.1 Å². The van der Waals surface area contributed by atoms with E-state index in [1.165, 1.54) is 11.7 Å². The highest BCUT2D eigenvalue weighted by molar-refractivity contribution is 6.04. The maximum Gasteiger partial charge on any atom is 0.257 e. The summed E-state index contributed by atoms with van der Waals surface area (Å²) >= 11 is 0. The zero-order chi connectivity index (χ0) is 14.0. The lowest BCUT2D eigenvalue weighted by Crippen LogP contribution is -2.14. The van der Waals surface area contributed by atoms with Crippen molar-refractivity contribution in [2.75, 3.05) is 17.7 Å². The van der Waals surface area contributed by atoms with Crippen molar-refractivity contribution >= 4 is 17.4 Å². The van der Waals surface area contributed by atoms with Crippen LogP contribution in [0.5, 0.6) is 0 Å². The van der Waals surface area contributed by atoms with E-state index in [-0.39, 0.29) is 11.3 Å². The first-order valence-corrected chi connectivity index (χ1v) is 5.49. The molecule has 0 saturated carbocycles. The fourth-order valence-corrected chi connectivity index (χ4v) is 1.61. The van der Waals surface area contributed by atoms with Gasteiger partial charge in [0.15, 0.2) is 5.82 Å². The van der Waals surface area contributed by atoms with Gasteiger partial charge in [-0.25, -0.2) is 8.78 Å². The minimum absolute atomic E-state index is 0.111. The average Bonchev–Trinajstić information content (AvgIpc) is 2.74. The number of aryl methyl sites for hydroxylation is 1. The van der Waals surface area contributed by atoms with Crippen molar-refractivity contribution in [3.05, 3.63) is 41.6 Å². The normalized spacial score (nSPS) is 10.3. The van der Waals surface area contributed by atoms with E-state index < -0.39 is 17.5 Å². The molecule has 0 aliphatic heterocycles. The first-order valence-electron chi connectivity index (χ1n) is 5.49. The summed E-state index contributed by atoms with van der Waals surface area (Å²) in [7, 11) is 3.09. The third kappa shape index (κ3) is 2.70. The van der Waals surface area contributed by atoms with Gasteiger partial charge in [0.05, 0.1) is 0 Å². The van der Waals surface area contributed by atoms with Gasteiger partial charge in [0, 0.05) is 31.9 Å². The summed E-state index contributed by atoms with van der Waals surface area (Å²) in [6, 6.07) is 3.51. The lowest BCUT2D eigenvalue weighted by Gasteiger charge is -2.07. The Kier molecular flexibility index (Phi) is 3.46. The van der Waals surface area contributed by atoms with Gasteiger partial charge in [0.25, 0.3) is 5.91 Å². The van der Waals surface area contributed by atoms with Crippen molar-refractivity contribution in [1.82, 2.24) is 9.78 Å². The van der Waals surface area contributed by atoms with Gasteiger partial charge in [0.2, 0.25) is 0 Å². The van der Waals surface area contributed by atoms with Gasteiger partial charge in [-0.3, -0.25) is 9.48 Å². The second kappa shape index (κ2) is 5.05. The van der Waals surface area contributed by atoms with Crippen molar-refractivity contribution < 1.29 is 13.6 Å². The van der Waals surface area contributed by atoms with Crippen molar-refractivity contribution in [3.63, 3.8) is 0 Å². The quantitative estimate of drug-likeness (QED) is 0.893. The molecule has 0 aliphatic carbocycles. The van der Waals surface area contributed by atoms with E-state index in [4.69, 9.17) is 0 Å². The third-order valence-electron chi connectivity index (χ3n) is 2.51. The number of benzene rings is 1. The molecule has 19 heavy (non-hydrogen) atoms. The second-order valence-electron chi connectivity index (χ2n) is 3.89. The Hall–Kier alpha value is -2.44. The fourth-order valence-electron chi connectivity index (χ4n) is 1.61.